The molecule has 1 aromatic rings. The van der Waals surface area contributed by atoms with Crippen molar-refractivity contribution in [1.29, 1.82) is 0 Å². The number of para-hydroxylation sites is 1. The highest BCUT2D eigenvalue weighted by atomic mass is 19.1. The molecule has 1 aliphatic rings. The standard InChI is InChI=1S/C11H14FN3O/c12-9-3-1-2-4-10(9)14-11(13)15-5-7-16-8-6-15/h1-4H,5-8H2,(H2,13,14). The number of morpholine rings is 1. The average Bonchev–Trinajstić information content (AvgIpc) is 2.33. The van der Waals surface area contributed by atoms with Crippen molar-refractivity contribution < 1.29 is 9.13 Å². The molecule has 1 aliphatic heterocycles. The Morgan fingerprint density at radius 3 is 2.69 bits per heavy atom. The van der Waals surface area contributed by atoms with E-state index < -0.39 is 0 Å². The molecule has 1 aromatic carbocycles. The fourth-order valence-corrected chi connectivity index (χ4v) is 1.53. The summed E-state index contributed by atoms with van der Waals surface area (Å²) in [6.45, 7) is 2.66. The van der Waals surface area contributed by atoms with E-state index in [2.05, 4.69) is 4.99 Å². The topological polar surface area (TPSA) is 50.8 Å². The molecule has 5 heteroatoms. The monoisotopic (exact) mass is 223 g/mol. The molecule has 4 nitrogen and oxygen atoms in total. The van der Waals surface area contributed by atoms with Crippen molar-refractivity contribution in [3.8, 4) is 0 Å². The van der Waals surface area contributed by atoms with Crippen LogP contribution in [0.25, 0.3) is 0 Å². The summed E-state index contributed by atoms with van der Waals surface area (Å²) >= 11 is 0. The first-order valence-corrected chi connectivity index (χ1v) is 5.19. The SMILES string of the molecule is NC(=Nc1ccccc1F)N1CCOCC1. The summed E-state index contributed by atoms with van der Waals surface area (Å²) in [5.74, 6) is -0.0212. The number of benzene rings is 1. The molecular formula is C11H14FN3O. The lowest BCUT2D eigenvalue weighted by molar-refractivity contribution is 0.0675. The Balaban J connectivity index is 2.13. The predicted molar refractivity (Wildman–Crippen MR) is 60.1 cm³/mol. The number of hydrogen-bond acceptors (Lipinski definition) is 2. The summed E-state index contributed by atoms with van der Waals surface area (Å²) in [4.78, 5) is 5.96. The van der Waals surface area contributed by atoms with Crippen molar-refractivity contribution in [1.82, 2.24) is 4.90 Å². The van der Waals surface area contributed by atoms with E-state index in [4.69, 9.17) is 10.5 Å². The molecule has 2 N–H and O–H groups in total. The maximum Gasteiger partial charge on any atom is 0.196 e. The fraction of sp³-hybridized carbons (Fsp3) is 0.364. The molecule has 0 bridgehead atoms. The Morgan fingerprint density at radius 1 is 1.31 bits per heavy atom. The van der Waals surface area contributed by atoms with E-state index in [0.29, 0.717) is 32.3 Å². The summed E-state index contributed by atoms with van der Waals surface area (Å²) in [5, 5.41) is 0. The lowest BCUT2D eigenvalue weighted by Gasteiger charge is -2.27. The van der Waals surface area contributed by atoms with E-state index in [0.717, 1.165) is 0 Å². The Hall–Kier alpha value is -1.62. The zero-order valence-electron chi connectivity index (χ0n) is 8.90. The van der Waals surface area contributed by atoms with Crippen LogP contribution in [-0.2, 0) is 4.74 Å². The highest BCUT2D eigenvalue weighted by Gasteiger charge is 2.12. The maximum absolute atomic E-state index is 13.3. The van der Waals surface area contributed by atoms with Crippen molar-refractivity contribution in [2.75, 3.05) is 26.3 Å². The van der Waals surface area contributed by atoms with E-state index >= 15 is 0 Å². The minimum atomic E-state index is -0.362. The normalized spacial score (nSPS) is 17.6. The molecule has 0 radical (unpaired) electrons. The van der Waals surface area contributed by atoms with Gasteiger partial charge in [0, 0.05) is 13.1 Å². The summed E-state index contributed by atoms with van der Waals surface area (Å²) in [6.07, 6.45) is 0. The zero-order valence-corrected chi connectivity index (χ0v) is 8.90. The van der Waals surface area contributed by atoms with E-state index in [1.165, 1.54) is 6.07 Å². The number of guanidine groups is 1. The second-order valence-electron chi connectivity index (χ2n) is 3.52. The highest BCUT2D eigenvalue weighted by molar-refractivity contribution is 5.81. The minimum absolute atomic E-state index is 0.270. The van der Waals surface area contributed by atoms with Gasteiger partial charge in [0.25, 0.3) is 0 Å². The quantitative estimate of drug-likeness (QED) is 0.573. The molecule has 16 heavy (non-hydrogen) atoms. The number of ether oxygens (including phenoxy) is 1. The van der Waals surface area contributed by atoms with Gasteiger partial charge in [0.05, 0.1) is 13.2 Å². The first kappa shape index (κ1) is 10.9. The van der Waals surface area contributed by atoms with Gasteiger partial charge in [0.15, 0.2) is 5.96 Å². The van der Waals surface area contributed by atoms with Gasteiger partial charge < -0.3 is 15.4 Å². The van der Waals surface area contributed by atoms with Gasteiger partial charge in [0.1, 0.15) is 11.5 Å². The lowest BCUT2D eigenvalue weighted by atomic mass is 10.3. The van der Waals surface area contributed by atoms with Crippen molar-refractivity contribution in [3.05, 3.63) is 30.1 Å². The van der Waals surface area contributed by atoms with Crippen molar-refractivity contribution >= 4 is 11.6 Å². The Bertz CT molecular complexity index is 389. The molecule has 0 aromatic heterocycles. The highest BCUT2D eigenvalue weighted by Crippen LogP contribution is 2.16. The molecule has 1 saturated heterocycles. The van der Waals surface area contributed by atoms with E-state index in [-0.39, 0.29) is 11.5 Å². The second kappa shape index (κ2) is 4.94. The molecule has 0 atom stereocenters. The Morgan fingerprint density at radius 2 is 2.00 bits per heavy atom. The van der Waals surface area contributed by atoms with Crippen molar-refractivity contribution in [2.45, 2.75) is 0 Å². The van der Waals surface area contributed by atoms with Gasteiger partial charge in [-0.2, -0.15) is 0 Å². The van der Waals surface area contributed by atoms with E-state index in [1.54, 1.807) is 18.2 Å². The summed E-state index contributed by atoms with van der Waals surface area (Å²) in [5.41, 5.74) is 6.07. The summed E-state index contributed by atoms with van der Waals surface area (Å²) < 4.78 is 18.5. The van der Waals surface area contributed by atoms with Gasteiger partial charge in [-0.1, -0.05) is 12.1 Å². The molecule has 1 fully saturated rings. The number of aliphatic imine (C=N–C) groups is 1. The third-order valence-electron chi connectivity index (χ3n) is 2.42. The van der Waals surface area contributed by atoms with Crippen molar-refractivity contribution in [2.24, 2.45) is 10.7 Å². The minimum Gasteiger partial charge on any atom is -0.378 e. The molecule has 2 rings (SSSR count). The number of halogens is 1. The molecule has 0 unspecified atom stereocenters. The molecular weight excluding hydrogens is 209 g/mol. The van der Waals surface area contributed by atoms with Crippen LogP contribution in [0.4, 0.5) is 10.1 Å². The van der Waals surface area contributed by atoms with Crippen LogP contribution in [-0.4, -0.2) is 37.2 Å². The third kappa shape index (κ3) is 2.49. The first-order valence-electron chi connectivity index (χ1n) is 5.19. The predicted octanol–water partition coefficient (Wildman–Crippen LogP) is 1.10. The number of rotatable bonds is 1. The smallest absolute Gasteiger partial charge is 0.196 e. The van der Waals surface area contributed by atoms with Crippen LogP contribution in [0.15, 0.2) is 29.3 Å². The van der Waals surface area contributed by atoms with Crippen LogP contribution in [0, 0.1) is 5.82 Å². The Labute approximate surface area is 93.5 Å². The molecule has 0 saturated carbocycles. The fourth-order valence-electron chi connectivity index (χ4n) is 1.53. The maximum atomic E-state index is 13.3. The molecule has 0 spiro atoms. The Kier molecular flexibility index (Phi) is 3.36. The van der Waals surface area contributed by atoms with Crippen molar-refractivity contribution in [3.63, 3.8) is 0 Å². The average molecular weight is 223 g/mol. The first-order chi connectivity index (χ1) is 7.77. The molecule has 0 amide bonds. The van der Waals surface area contributed by atoms with Gasteiger partial charge in [-0.25, -0.2) is 9.38 Å². The van der Waals surface area contributed by atoms with Crippen LogP contribution in [0.3, 0.4) is 0 Å². The molecule has 0 aliphatic carbocycles. The van der Waals surface area contributed by atoms with Gasteiger partial charge in [0.2, 0.25) is 0 Å². The third-order valence-corrected chi connectivity index (χ3v) is 2.42. The van der Waals surface area contributed by atoms with Gasteiger partial charge in [-0.05, 0) is 12.1 Å². The van der Waals surface area contributed by atoms with E-state index in [1.807, 2.05) is 4.90 Å². The van der Waals surface area contributed by atoms with Gasteiger partial charge in [-0.3, -0.25) is 0 Å². The van der Waals surface area contributed by atoms with Crippen LogP contribution in [0.1, 0.15) is 0 Å². The van der Waals surface area contributed by atoms with E-state index in [9.17, 15) is 4.39 Å². The largest absolute Gasteiger partial charge is 0.378 e. The second-order valence-corrected chi connectivity index (χ2v) is 3.52. The van der Waals surface area contributed by atoms with Crippen LogP contribution < -0.4 is 5.73 Å². The lowest BCUT2D eigenvalue weighted by Crippen LogP contribution is -2.44. The number of nitrogens with zero attached hydrogens (tertiary/aromatic N) is 2. The molecule has 86 valence electrons. The summed E-state index contributed by atoms with van der Waals surface area (Å²) in [7, 11) is 0. The molecule has 1 heterocycles. The van der Waals surface area contributed by atoms with Crippen LogP contribution in [0.5, 0.6) is 0 Å². The van der Waals surface area contributed by atoms with Crippen LogP contribution >= 0.6 is 0 Å². The number of hydrogen-bond donors (Lipinski definition) is 1. The van der Waals surface area contributed by atoms with Gasteiger partial charge >= 0.3 is 0 Å². The van der Waals surface area contributed by atoms with Gasteiger partial charge in [-0.15, -0.1) is 0 Å². The number of nitrogens with two attached hydrogens (primary N) is 1. The van der Waals surface area contributed by atoms with Crippen LogP contribution in [0.2, 0.25) is 0 Å². The summed E-state index contributed by atoms with van der Waals surface area (Å²) in [6, 6.07) is 6.32. The zero-order chi connectivity index (χ0) is 11.4.